The van der Waals surface area contributed by atoms with E-state index < -0.39 is 0 Å². The Hall–Kier alpha value is -3.47. The normalized spacial score (nSPS) is 13.8. The van der Waals surface area contributed by atoms with Crippen molar-refractivity contribution in [1.29, 1.82) is 0 Å². The summed E-state index contributed by atoms with van der Waals surface area (Å²) in [5.41, 5.74) is 2.15. The number of hydrogen-bond donors (Lipinski definition) is 1. The number of halogens is 2. The molecule has 4 aromatic rings. The molecule has 1 fully saturated rings. The number of H-pyrrole nitrogens is 1. The fourth-order valence-electron chi connectivity index (χ4n) is 3.92. The van der Waals surface area contributed by atoms with Crippen LogP contribution >= 0.6 is 12.4 Å². The number of rotatable bonds is 9. The van der Waals surface area contributed by atoms with Gasteiger partial charge in [0.15, 0.2) is 11.5 Å². The zero-order valence-corrected chi connectivity index (χ0v) is 20.6. The molecule has 3 heterocycles. The van der Waals surface area contributed by atoms with Crippen molar-refractivity contribution in [1.82, 2.24) is 25.1 Å². The Labute approximate surface area is 214 Å². The van der Waals surface area contributed by atoms with Crippen LogP contribution in [-0.4, -0.2) is 71.6 Å². The van der Waals surface area contributed by atoms with Crippen LogP contribution in [-0.2, 0) is 4.74 Å². The molecular formula is C25H27ClFN5O4. The standard InChI is InChI=1S/C25H26FN5O4.ClH/c1-32-22-13-19-21(14-23(22)34-10-2-7-31-8-11-33-12-9-31)27-16-28-25(19)35-24-15-20(29-30-24)17-3-5-18(26)6-4-17;/h3-6,13-16H,2,7-12H2,1H3,(H,29,30);1H. The molecule has 11 heteroatoms. The van der Waals surface area contributed by atoms with Gasteiger partial charge in [-0.3, -0.25) is 10.00 Å². The van der Waals surface area contributed by atoms with Crippen LogP contribution in [0.5, 0.6) is 23.3 Å². The predicted molar refractivity (Wildman–Crippen MR) is 135 cm³/mol. The molecule has 0 spiro atoms. The number of fused-ring (bicyclic) bond motifs is 1. The molecule has 190 valence electrons. The van der Waals surface area contributed by atoms with E-state index in [0.717, 1.165) is 44.8 Å². The number of methoxy groups -OCH3 is 1. The SMILES string of the molecule is COc1cc2c(Oc3cc(-c4ccc(F)cc4)[nH]n3)ncnc2cc1OCCCN1CCOCC1.Cl. The van der Waals surface area contributed by atoms with Crippen molar-refractivity contribution >= 4 is 23.3 Å². The molecule has 0 aliphatic carbocycles. The molecule has 0 atom stereocenters. The molecule has 0 saturated carbocycles. The maximum atomic E-state index is 13.2. The highest BCUT2D eigenvalue weighted by atomic mass is 35.5. The van der Waals surface area contributed by atoms with Crippen LogP contribution in [0, 0.1) is 5.82 Å². The van der Waals surface area contributed by atoms with Crippen molar-refractivity contribution in [2.24, 2.45) is 0 Å². The molecule has 1 saturated heterocycles. The second-order valence-electron chi connectivity index (χ2n) is 8.08. The highest BCUT2D eigenvalue weighted by molar-refractivity contribution is 5.87. The third-order valence-electron chi connectivity index (χ3n) is 5.77. The average Bonchev–Trinajstić information content (AvgIpc) is 3.36. The molecule has 0 radical (unpaired) electrons. The zero-order chi connectivity index (χ0) is 24.0. The van der Waals surface area contributed by atoms with Gasteiger partial charge in [0.05, 0.1) is 43.5 Å². The van der Waals surface area contributed by atoms with Gasteiger partial charge in [0.25, 0.3) is 0 Å². The lowest BCUT2D eigenvalue weighted by Crippen LogP contribution is -2.37. The lowest BCUT2D eigenvalue weighted by molar-refractivity contribution is 0.0357. The van der Waals surface area contributed by atoms with Gasteiger partial charge in [0.2, 0.25) is 11.8 Å². The Balaban J connectivity index is 0.00000304. The van der Waals surface area contributed by atoms with E-state index in [4.69, 9.17) is 18.9 Å². The van der Waals surface area contributed by atoms with Gasteiger partial charge in [0, 0.05) is 31.8 Å². The molecule has 5 rings (SSSR count). The van der Waals surface area contributed by atoms with Crippen LogP contribution in [0.4, 0.5) is 4.39 Å². The van der Waals surface area contributed by atoms with Crippen LogP contribution in [0.2, 0.25) is 0 Å². The van der Waals surface area contributed by atoms with E-state index in [1.165, 1.54) is 18.5 Å². The van der Waals surface area contributed by atoms with Crippen molar-refractivity contribution < 1.29 is 23.3 Å². The van der Waals surface area contributed by atoms with Crippen molar-refractivity contribution in [3.8, 4) is 34.5 Å². The molecule has 9 nitrogen and oxygen atoms in total. The van der Waals surface area contributed by atoms with Crippen molar-refractivity contribution in [2.45, 2.75) is 6.42 Å². The first-order valence-corrected chi connectivity index (χ1v) is 11.4. The van der Waals surface area contributed by atoms with Crippen LogP contribution in [0.1, 0.15) is 6.42 Å². The summed E-state index contributed by atoms with van der Waals surface area (Å²) < 4.78 is 36.1. The number of ether oxygens (including phenoxy) is 4. The second kappa shape index (κ2) is 12.0. The first-order chi connectivity index (χ1) is 17.2. The van der Waals surface area contributed by atoms with Crippen LogP contribution < -0.4 is 14.2 Å². The van der Waals surface area contributed by atoms with Crippen LogP contribution in [0.25, 0.3) is 22.2 Å². The van der Waals surface area contributed by atoms with Gasteiger partial charge in [-0.1, -0.05) is 0 Å². The summed E-state index contributed by atoms with van der Waals surface area (Å²) in [6, 6.07) is 11.5. The predicted octanol–water partition coefficient (Wildman–Crippen LogP) is 4.48. The molecule has 1 aliphatic heterocycles. The number of aromatic amines is 1. The van der Waals surface area contributed by atoms with E-state index in [2.05, 4.69) is 25.1 Å². The Morgan fingerprint density at radius 2 is 1.86 bits per heavy atom. The molecule has 1 N–H and O–H groups in total. The van der Waals surface area contributed by atoms with Gasteiger partial charge in [0.1, 0.15) is 12.1 Å². The Kier molecular flexibility index (Phi) is 8.52. The summed E-state index contributed by atoms with van der Waals surface area (Å²) in [7, 11) is 1.59. The summed E-state index contributed by atoms with van der Waals surface area (Å²) in [6.45, 7) is 5.02. The lowest BCUT2D eigenvalue weighted by Gasteiger charge is -2.26. The number of aromatic nitrogens is 4. The molecule has 2 aromatic carbocycles. The summed E-state index contributed by atoms with van der Waals surface area (Å²) in [5.74, 6) is 1.55. The molecule has 0 bridgehead atoms. The maximum absolute atomic E-state index is 13.2. The first-order valence-electron chi connectivity index (χ1n) is 11.4. The third kappa shape index (κ3) is 6.01. The van der Waals surface area contributed by atoms with E-state index in [9.17, 15) is 4.39 Å². The monoisotopic (exact) mass is 515 g/mol. The van der Waals surface area contributed by atoms with Gasteiger partial charge in [-0.15, -0.1) is 17.5 Å². The van der Waals surface area contributed by atoms with E-state index in [0.29, 0.717) is 46.5 Å². The Morgan fingerprint density at radius 1 is 1.06 bits per heavy atom. The Bertz CT molecular complexity index is 1280. The first kappa shape index (κ1) is 25.6. The number of nitrogens with zero attached hydrogens (tertiary/aromatic N) is 4. The zero-order valence-electron chi connectivity index (χ0n) is 19.8. The lowest BCUT2D eigenvalue weighted by atomic mass is 10.1. The molecule has 0 unspecified atom stereocenters. The number of hydrogen-bond acceptors (Lipinski definition) is 8. The minimum atomic E-state index is -0.299. The van der Waals surface area contributed by atoms with Crippen molar-refractivity contribution in [2.75, 3.05) is 46.6 Å². The molecular weight excluding hydrogens is 489 g/mol. The minimum Gasteiger partial charge on any atom is -0.493 e. The average molecular weight is 516 g/mol. The topological polar surface area (TPSA) is 94.6 Å². The van der Waals surface area contributed by atoms with Crippen molar-refractivity contribution in [3.05, 3.63) is 54.6 Å². The van der Waals surface area contributed by atoms with E-state index >= 15 is 0 Å². The largest absolute Gasteiger partial charge is 0.493 e. The summed E-state index contributed by atoms with van der Waals surface area (Å²) in [6.07, 6.45) is 2.33. The molecule has 1 aliphatic rings. The number of nitrogens with one attached hydrogen (secondary N) is 1. The summed E-state index contributed by atoms with van der Waals surface area (Å²) in [4.78, 5) is 11.0. The molecule has 0 amide bonds. The number of morpholine rings is 1. The van der Waals surface area contributed by atoms with Crippen LogP contribution in [0.15, 0.2) is 48.8 Å². The highest BCUT2D eigenvalue weighted by Gasteiger charge is 2.15. The van der Waals surface area contributed by atoms with Gasteiger partial charge >= 0.3 is 0 Å². The minimum absolute atomic E-state index is 0. The summed E-state index contributed by atoms with van der Waals surface area (Å²) >= 11 is 0. The fourth-order valence-corrected chi connectivity index (χ4v) is 3.92. The van der Waals surface area contributed by atoms with Crippen LogP contribution in [0.3, 0.4) is 0 Å². The molecule has 2 aromatic heterocycles. The smallest absolute Gasteiger partial charge is 0.240 e. The van der Waals surface area contributed by atoms with E-state index in [1.54, 1.807) is 31.4 Å². The maximum Gasteiger partial charge on any atom is 0.240 e. The quantitative estimate of drug-likeness (QED) is 0.326. The third-order valence-corrected chi connectivity index (χ3v) is 5.77. The second-order valence-corrected chi connectivity index (χ2v) is 8.08. The highest BCUT2D eigenvalue weighted by Crippen LogP contribution is 2.36. The number of benzene rings is 2. The fraction of sp³-hybridized carbons (Fsp3) is 0.320. The van der Waals surface area contributed by atoms with Gasteiger partial charge in [-0.25, -0.2) is 14.4 Å². The van der Waals surface area contributed by atoms with Crippen molar-refractivity contribution in [3.63, 3.8) is 0 Å². The van der Waals surface area contributed by atoms with E-state index in [1.807, 2.05) is 6.07 Å². The Morgan fingerprint density at radius 3 is 2.64 bits per heavy atom. The van der Waals surface area contributed by atoms with Gasteiger partial charge in [-0.2, -0.15) is 0 Å². The van der Waals surface area contributed by atoms with Gasteiger partial charge in [-0.05, 0) is 42.3 Å². The van der Waals surface area contributed by atoms with Gasteiger partial charge < -0.3 is 18.9 Å². The van der Waals surface area contributed by atoms with E-state index in [-0.39, 0.29) is 18.2 Å². The molecule has 36 heavy (non-hydrogen) atoms. The summed E-state index contributed by atoms with van der Waals surface area (Å²) in [5, 5.41) is 7.76.